The molecule has 2 N–H and O–H groups in total. The molecule has 0 bridgehead atoms. The number of carbonyl (C=O) groups is 1. The Balaban J connectivity index is 1.57. The van der Waals surface area contributed by atoms with E-state index in [2.05, 4.69) is 10.0 Å². The van der Waals surface area contributed by atoms with Gasteiger partial charge in [-0.15, -0.1) is 0 Å². The average Bonchev–Trinajstić information content (AvgIpc) is 3.48. The van der Waals surface area contributed by atoms with Crippen molar-refractivity contribution in [3.05, 3.63) is 59.7 Å². The second-order valence-electron chi connectivity index (χ2n) is 6.60. The predicted octanol–water partition coefficient (Wildman–Crippen LogP) is 2.85. The van der Waals surface area contributed by atoms with Gasteiger partial charge in [0, 0.05) is 18.2 Å². The topological polar surface area (TPSA) is 84.5 Å². The molecule has 0 heterocycles. The van der Waals surface area contributed by atoms with Crippen LogP contribution < -0.4 is 14.8 Å². The zero-order chi connectivity index (χ0) is 19.3. The summed E-state index contributed by atoms with van der Waals surface area (Å²) in [7, 11) is -3.45. The molecule has 1 saturated carbocycles. The molecule has 144 valence electrons. The number of nitrogens with one attached hydrogen (secondary N) is 2. The van der Waals surface area contributed by atoms with E-state index >= 15 is 0 Å². The highest BCUT2D eigenvalue weighted by molar-refractivity contribution is 7.89. The molecular formula is C20H24N2O4S. The smallest absolute Gasteiger partial charge is 0.251 e. The van der Waals surface area contributed by atoms with Crippen molar-refractivity contribution in [3.8, 4) is 5.75 Å². The van der Waals surface area contributed by atoms with Gasteiger partial charge in [-0.2, -0.15) is 0 Å². The van der Waals surface area contributed by atoms with Gasteiger partial charge in [0.2, 0.25) is 10.0 Å². The molecule has 0 unspecified atom stereocenters. The molecule has 0 aromatic heterocycles. The lowest BCUT2D eigenvalue weighted by Crippen LogP contribution is -2.26. The van der Waals surface area contributed by atoms with Gasteiger partial charge in [-0.05, 0) is 55.2 Å². The molecule has 2 aromatic carbocycles. The molecule has 1 aliphatic carbocycles. The van der Waals surface area contributed by atoms with E-state index in [1.54, 1.807) is 42.5 Å². The standard InChI is InChI=1S/C20H24N2O4S/c1-2-12-26-18-5-3-4-16(13-18)20(23)21-14-15-6-10-19(11-7-15)27(24,25)22-17-8-9-17/h3-7,10-11,13,17,22H,2,8-9,12,14H2,1H3,(H,21,23). The van der Waals surface area contributed by atoms with Crippen LogP contribution in [0.3, 0.4) is 0 Å². The van der Waals surface area contributed by atoms with Crippen LogP contribution in [0.25, 0.3) is 0 Å². The minimum Gasteiger partial charge on any atom is -0.494 e. The third-order valence-corrected chi connectivity index (χ3v) is 5.69. The fourth-order valence-electron chi connectivity index (χ4n) is 2.51. The number of amides is 1. The Kier molecular flexibility index (Phi) is 6.13. The molecule has 27 heavy (non-hydrogen) atoms. The molecule has 0 saturated heterocycles. The van der Waals surface area contributed by atoms with Gasteiger partial charge < -0.3 is 10.1 Å². The van der Waals surface area contributed by atoms with Crippen molar-refractivity contribution in [1.29, 1.82) is 0 Å². The van der Waals surface area contributed by atoms with E-state index in [-0.39, 0.29) is 16.8 Å². The third-order valence-electron chi connectivity index (χ3n) is 4.15. The summed E-state index contributed by atoms with van der Waals surface area (Å²) in [6, 6.07) is 13.7. The molecular weight excluding hydrogens is 364 g/mol. The van der Waals surface area contributed by atoms with Gasteiger partial charge in [0.15, 0.2) is 0 Å². The molecule has 1 amide bonds. The van der Waals surface area contributed by atoms with Gasteiger partial charge in [-0.25, -0.2) is 13.1 Å². The Hall–Kier alpha value is -2.38. The number of hydrogen-bond acceptors (Lipinski definition) is 4. The Morgan fingerprint density at radius 1 is 1.15 bits per heavy atom. The van der Waals surface area contributed by atoms with E-state index in [1.165, 1.54) is 0 Å². The van der Waals surface area contributed by atoms with Gasteiger partial charge in [-0.3, -0.25) is 4.79 Å². The van der Waals surface area contributed by atoms with Gasteiger partial charge in [0.25, 0.3) is 5.91 Å². The van der Waals surface area contributed by atoms with Gasteiger partial charge >= 0.3 is 0 Å². The number of ether oxygens (including phenoxy) is 1. The Morgan fingerprint density at radius 2 is 1.89 bits per heavy atom. The van der Waals surface area contributed by atoms with E-state index in [1.807, 2.05) is 13.0 Å². The number of sulfonamides is 1. The number of benzene rings is 2. The fourth-order valence-corrected chi connectivity index (χ4v) is 3.81. The first-order valence-corrected chi connectivity index (χ1v) is 10.6. The van der Waals surface area contributed by atoms with Crippen molar-refractivity contribution in [2.45, 2.75) is 43.7 Å². The zero-order valence-corrected chi connectivity index (χ0v) is 16.1. The third kappa shape index (κ3) is 5.55. The second kappa shape index (κ2) is 8.54. The normalized spacial score (nSPS) is 14.0. The lowest BCUT2D eigenvalue weighted by atomic mass is 10.2. The second-order valence-corrected chi connectivity index (χ2v) is 8.31. The highest BCUT2D eigenvalue weighted by atomic mass is 32.2. The minimum atomic E-state index is -3.45. The van der Waals surface area contributed by atoms with Crippen molar-refractivity contribution in [1.82, 2.24) is 10.0 Å². The molecule has 2 aromatic rings. The lowest BCUT2D eigenvalue weighted by molar-refractivity contribution is 0.0950. The monoisotopic (exact) mass is 388 g/mol. The molecule has 0 spiro atoms. The summed E-state index contributed by atoms with van der Waals surface area (Å²) in [6.45, 7) is 2.94. The maximum absolute atomic E-state index is 12.3. The van der Waals surface area contributed by atoms with E-state index in [0.717, 1.165) is 24.8 Å². The predicted molar refractivity (Wildman–Crippen MR) is 103 cm³/mol. The summed E-state index contributed by atoms with van der Waals surface area (Å²) in [5, 5.41) is 2.84. The number of carbonyl (C=O) groups excluding carboxylic acids is 1. The van der Waals surface area contributed by atoms with Crippen molar-refractivity contribution in [2.75, 3.05) is 6.61 Å². The Morgan fingerprint density at radius 3 is 2.56 bits per heavy atom. The molecule has 0 atom stereocenters. The summed E-state index contributed by atoms with van der Waals surface area (Å²) in [4.78, 5) is 12.6. The maximum atomic E-state index is 12.3. The molecule has 7 heteroatoms. The average molecular weight is 388 g/mol. The molecule has 1 aliphatic rings. The van der Waals surface area contributed by atoms with Crippen molar-refractivity contribution < 1.29 is 17.9 Å². The van der Waals surface area contributed by atoms with Crippen molar-refractivity contribution in [3.63, 3.8) is 0 Å². The summed E-state index contributed by atoms with van der Waals surface area (Å²) in [5.74, 6) is 0.464. The molecule has 0 radical (unpaired) electrons. The first kappa shape index (κ1) is 19.4. The fraction of sp³-hybridized carbons (Fsp3) is 0.350. The van der Waals surface area contributed by atoms with Crippen molar-refractivity contribution >= 4 is 15.9 Å². The van der Waals surface area contributed by atoms with E-state index < -0.39 is 10.0 Å². The largest absolute Gasteiger partial charge is 0.494 e. The van der Waals surface area contributed by atoms with E-state index in [9.17, 15) is 13.2 Å². The number of rotatable bonds is 9. The number of hydrogen-bond donors (Lipinski definition) is 2. The molecule has 1 fully saturated rings. The zero-order valence-electron chi connectivity index (χ0n) is 15.3. The molecule has 0 aliphatic heterocycles. The highest BCUT2D eigenvalue weighted by Gasteiger charge is 2.27. The molecule has 6 nitrogen and oxygen atoms in total. The van der Waals surface area contributed by atoms with Crippen molar-refractivity contribution in [2.24, 2.45) is 0 Å². The maximum Gasteiger partial charge on any atom is 0.251 e. The summed E-state index contributed by atoms with van der Waals surface area (Å²) < 4.78 is 32.5. The van der Waals surface area contributed by atoms with Crippen LogP contribution in [0.1, 0.15) is 42.1 Å². The van der Waals surface area contributed by atoms with Gasteiger partial charge in [0.1, 0.15) is 5.75 Å². The Labute approximate surface area is 160 Å². The quantitative estimate of drug-likeness (QED) is 0.692. The summed E-state index contributed by atoms with van der Waals surface area (Å²) >= 11 is 0. The van der Waals surface area contributed by atoms with Crippen LogP contribution in [0.15, 0.2) is 53.4 Å². The SMILES string of the molecule is CCCOc1cccc(C(=O)NCc2ccc(S(=O)(=O)NC3CC3)cc2)c1. The van der Waals surface area contributed by atoms with Crippen LogP contribution in [0.2, 0.25) is 0 Å². The van der Waals surface area contributed by atoms with E-state index in [0.29, 0.717) is 24.5 Å². The first-order valence-electron chi connectivity index (χ1n) is 9.10. The summed E-state index contributed by atoms with van der Waals surface area (Å²) in [6.07, 6.45) is 2.69. The van der Waals surface area contributed by atoms with Gasteiger partial charge in [-0.1, -0.05) is 25.1 Å². The first-order chi connectivity index (χ1) is 13.0. The Bertz CT molecular complexity index is 890. The van der Waals surface area contributed by atoms with Crippen LogP contribution >= 0.6 is 0 Å². The van der Waals surface area contributed by atoms with Crippen LogP contribution in [-0.2, 0) is 16.6 Å². The summed E-state index contributed by atoms with van der Waals surface area (Å²) in [5.41, 5.74) is 1.35. The van der Waals surface area contributed by atoms with Crippen LogP contribution in [0.4, 0.5) is 0 Å². The minimum absolute atomic E-state index is 0.0750. The van der Waals surface area contributed by atoms with Crippen LogP contribution in [0.5, 0.6) is 5.75 Å². The molecule has 3 rings (SSSR count). The lowest BCUT2D eigenvalue weighted by Gasteiger charge is -2.09. The van der Waals surface area contributed by atoms with Gasteiger partial charge in [0.05, 0.1) is 11.5 Å². The van der Waals surface area contributed by atoms with E-state index in [4.69, 9.17) is 4.74 Å². The van der Waals surface area contributed by atoms with Crippen LogP contribution in [0, 0.1) is 0 Å². The van der Waals surface area contributed by atoms with Crippen LogP contribution in [-0.4, -0.2) is 27.0 Å². The highest BCUT2D eigenvalue weighted by Crippen LogP contribution is 2.22.